The number of aliphatic hydroxyl groups excluding tert-OH is 1. The highest BCUT2D eigenvalue weighted by atomic mass is 16.3. The predicted molar refractivity (Wildman–Crippen MR) is 127 cm³/mol. The summed E-state index contributed by atoms with van der Waals surface area (Å²) in [5, 5.41) is 15.1. The van der Waals surface area contributed by atoms with E-state index in [9.17, 15) is 19.5 Å². The minimum absolute atomic E-state index is 0.0938. The van der Waals surface area contributed by atoms with Crippen molar-refractivity contribution in [2.24, 2.45) is 5.92 Å². The maximum absolute atomic E-state index is 13.2. The number of piperazine rings is 1. The van der Waals surface area contributed by atoms with Gasteiger partial charge in [0, 0.05) is 31.4 Å². The van der Waals surface area contributed by atoms with E-state index in [1.54, 1.807) is 29.2 Å². The number of anilines is 1. The fourth-order valence-electron chi connectivity index (χ4n) is 4.95. The number of aryl methyl sites for hydroxylation is 2. The molecular weight excluding hydrogens is 434 g/mol. The highest BCUT2D eigenvalue weighted by Gasteiger charge is 2.50. The van der Waals surface area contributed by atoms with Crippen LogP contribution in [-0.4, -0.2) is 65.1 Å². The lowest BCUT2D eigenvalue weighted by Crippen LogP contribution is -2.56. The van der Waals surface area contributed by atoms with Crippen LogP contribution in [0.15, 0.2) is 36.5 Å². The number of imide groups is 1. The van der Waals surface area contributed by atoms with Crippen LogP contribution in [0.25, 0.3) is 0 Å². The first-order valence-electron chi connectivity index (χ1n) is 11.5. The van der Waals surface area contributed by atoms with Gasteiger partial charge in [-0.05, 0) is 48.6 Å². The van der Waals surface area contributed by atoms with Gasteiger partial charge in [0.25, 0.3) is 11.8 Å². The van der Waals surface area contributed by atoms with Crippen molar-refractivity contribution in [3.05, 3.63) is 58.8 Å². The van der Waals surface area contributed by atoms with E-state index < -0.39 is 17.5 Å². The van der Waals surface area contributed by atoms with Crippen LogP contribution in [-0.2, 0) is 10.3 Å². The van der Waals surface area contributed by atoms with Gasteiger partial charge in [0.2, 0.25) is 0 Å². The molecule has 2 aliphatic rings. The lowest BCUT2D eigenvalue weighted by molar-refractivity contribution is -0.125. The summed E-state index contributed by atoms with van der Waals surface area (Å²) in [6.45, 7) is 9.07. The summed E-state index contributed by atoms with van der Waals surface area (Å²) < 4.78 is 0. The van der Waals surface area contributed by atoms with E-state index >= 15 is 0 Å². The molecule has 2 saturated heterocycles. The van der Waals surface area contributed by atoms with Gasteiger partial charge >= 0.3 is 6.03 Å². The first kappa shape index (κ1) is 23.7. The van der Waals surface area contributed by atoms with Crippen LogP contribution in [0.3, 0.4) is 0 Å². The second-order valence-corrected chi connectivity index (χ2v) is 9.38. The summed E-state index contributed by atoms with van der Waals surface area (Å²) in [5.41, 5.74) is 2.07. The number of carbonyl (C=O) groups is 3. The van der Waals surface area contributed by atoms with Crippen molar-refractivity contribution in [3.8, 4) is 0 Å². The summed E-state index contributed by atoms with van der Waals surface area (Å²) in [7, 11) is 0. The lowest BCUT2D eigenvalue weighted by atomic mass is 9.79. The number of hydrogen-bond acceptors (Lipinski definition) is 6. The number of nitrogens with zero attached hydrogens (tertiary/aromatic N) is 3. The number of urea groups is 1. The van der Waals surface area contributed by atoms with E-state index in [0.717, 1.165) is 16.9 Å². The summed E-state index contributed by atoms with van der Waals surface area (Å²) in [5.74, 6) is 0.111. The average molecular weight is 466 g/mol. The van der Waals surface area contributed by atoms with Gasteiger partial charge < -0.3 is 20.2 Å². The Morgan fingerprint density at radius 1 is 1.21 bits per heavy atom. The van der Waals surface area contributed by atoms with Gasteiger partial charge in [-0.1, -0.05) is 32.0 Å². The first-order valence-corrected chi connectivity index (χ1v) is 11.5. The number of pyridine rings is 1. The molecule has 2 atom stereocenters. The Balaban J connectivity index is 1.51. The minimum Gasteiger partial charge on any atom is -0.394 e. The summed E-state index contributed by atoms with van der Waals surface area (Å²) >= 11 is 0. The molecule has 4 rings (SSSR count). The Labute approximate surface area is 199 Å². The summed E-state index contributed by atoms with van der Waals surface area (Å²) in [4.78, 5) is 46.0. The molecule has 2 fully saturated rings. The van der Waals surface area contributed by atoms with Crippen LogP contribution in [0.1, 0.15) is 40.9 Å². The van der Waals surface area contributed by atoms with Crippen molar-refractivity contribution in [3.63, 3.8) is 0 Å². The van der Waals surface area contributed by atoms with Gasteiger partial charge in [0.1, 0.15) is 11.4 Å². The van der Waals surface area contributed by atoms with Crippen LogP contribution in [0.4, 0.5) is 10.6 Å². The smallest absolute Gasteiger partial charge is 0.322 e. The second-order valence-electron chi connectivity index (χ2n) is 9.38. The Bertz CT molecular complexity index is 1120. The number of benzene rings is 1. The number of nitrogens with one attached hydrogen (secondary N) is 2. The summed E-state index contributed by atoms with van der Waals surface area (Å²) in [6.07, 6.45) is 1.81. The van der Waals surface area contributed by atoms with Crippen LogP contribution in [0.2, 0.25) is 0 Å². The molecule has 34 heavy (non-hydrogen) atoms. The number of carbonyl (C=O) groups excluding carboxylic acids is 3. The highest BCUT2D eigenvalue weighted by molar-refractivity contribution is 6.07. The standard InChI is InChI=1S/C25H31N5O4/c1-15(2)25(23(33)27-24(34)28-25)19-7-5-18(6-8-19)22(32)29-9-10-30(20(13-29)14-31)21-17(4)11-16(3)12-26-21/h5-8,11-12,15,20,31H,9-10,13-14H2,1-4H3,(H2,27,28,33,34). The highest BCUT2D eigenvalue weighted by Crippen LogP contribution is 2.33. The van der Waals surface area contributed by atoms with Gasteiger partial charge in [0.15, 0.2) is 0 Å². The molecule has 3 N–H and O–H groups in total. The van der Waals surface area contributed by atoms with Gasteiger partial charge in [-0.2, -0.15) is 0 Å². The van der Waals surface area contributed by atoms with Gasteiger partial charge in [-0.15, -0.1) is 0 Å². The lowest BCUT2D eigenvalue weighted by Gasteiger charge is -2.42. The topological polar surface area (TPSA) is 115 Å². The molecule has 1 aromatic heterocycles. The zero-order valence-electron chi connectivity index (χ0n) is 20.0. The van der Waals surface area contributed by atoms with E-state index in [4.69, 9.17) is 0 Å². The van der Waals surface area contributed by atoms with Crippen molar-refractivity contribution in [2.45, 2.75) is 39.3 Å². The third kappa shape index (κ3) is 4.00. The zero-order chi connectivity index (χ0) is 24.6. The Hall–Kier alpha value is -3.46. The molecular formula is C25H31N5O4. The maximum Gasteiger partial charge on any atom is 0.322 e. The van der Waals surface area contributed by atoms with E-state index in [-0.39, 0.29) is 24.5 Å². The quantitative estimate of drug-likeness (QED) is 0.579. The Kier molecular flexibility index (Phi) is 6.31. The molecule has 9 heteroatoms. The van der Waals surface area contributed by atoms with Crippen molar-refractivity contribution < 1.29 is 19.5 Å². The van der Waals surface area contributed by atoms with Gasteiger partial charge in [-0.25, -0.2) is 9.78 Å². The van der Waals surface area contributed by atoms with E-state index in [1.165, 1.54) is 0 Å². The molecule has 2 unspecified atom stereocenters. The van der Waals surface area contributed by atoms with Crippen molar-refractivity contribution in [1.82, 2.24) is 20.5 Å². The van der Waals surface area contributed by atoms with E-state index in [2.05, 4.69) is 26.6 Å². The number of amides is 4. The monoisotopic (exact) mass is 465 g/mol. The minimum atomic E-state index is -1.16. The fourth-order valence-corrected chi connectivity index (χ4v) is 4.95. The molecule has 3 heterocycles. The molecule has 0 aliphatic carbocycles. The molecule has 4 amide bonds. The van der Waals surface area contributed by atoms with Crippen LogP contribution in [0, 0.1) is 19.8 Å². The number of rotatable bonds is 5. The van der Waals surface area contributed by atoms with E-state index in [1.807, 2.05) is 33.9 Å². The largest absolute Gasteiger partial charge is 0.394 e. The van der Waals surface area contributed by atoms with E-state index in [0.29, 0.717) is 30.8 Å². The van der Waals surface area contributed by atoms with Crippen molar-refractivity contribution >= 4 is 23.7 Å². The summed E-state index contributed by atoms with van der Waals surface area (Å²) in [6, 6.07) is 8.09. The fraction of sp³-hybridized carbons (Fsp3) is 0.440. The Morgan fingerprint density at radius 2 is 1.91 bits per heavy atom. The van der Waals surface area contributed by atoms with Crippen LogP contribution >= 0.6 is 0 Å². The molecule has 0 saturated carbocycles. The normalized spacial score (nSPS) is 22.7. The third-order valence-electron chi connectivity index (χ3n) is 6.79. The van der Waals surface area contributed by atoms with Crippen LogP contribution < -0.4 is 15.5 Å². The molecule has 180 valence electrons. The van der Waals surface area contributed by atoms with Crippen molar-refractivity contribution in [1.29, 1.82) is 0 Å². The van der Waals surface area contributed by atoms with Crippen molar-refractivity contribution in [2.75, 3.05) is 31.1 Å². The molecule has 0 spiro atoms. The molecule has 2 aromatic rings. The average Bonchev–Trinajstić information content (AvgIpc) is 3.13. The second kappa shape index (κ2) is 9.06. The molecule has 1 aromatic carbocycles. The molecule has 9 nitrogen and oxygen atoms in total. The third-order valence-corrected chi connectivity index (χ3v) is 6.79. The van der Waals surface area contributed by atoms with Crippen LogP contribution in [0.5, 0.6) is 0 Å². The maximum atomic E-state index is 13.2. The van der Waals surface area contributed by atoms with Gasteiger partial charge in [0.05, 0.1) is 12.6 Å². The first-order chi connectivity index (χ1) is 16.2. The molecule has 0 radical (unpaired) electrons. The number of aliphatic hydroxyl groups is 1. The number of aromatic nitrogens is 1. The predicted octanol–water partition coefficient (Wildman–Crippen LogP) is 1.71. The molecule has 0 bridgehead atoms. The Morgan fingerprint density at radius 3 is 2.47 bits per heavy atom. The van der Waals surface area contributed by atoms with Gasteiger partial charge in [-0.3, -0.25) is 14.9 Å². The SMILES string of the molecule is Cc1cnc(N2CCN(C(=O)c3ccc(C4(C(C)C)NC(=O)NC4=O)cc3)CC2CO)c(C)c1. The molecule has 2 aliphatic heterocycles. The zero-order valence-corrected chi connectivity index (χ0v) is 20.0. The number of hydrogen-bond donors (Lipinski definition) is 3.